The van der Waals surface area contributed by atoms with Crippen LogP contribution in [0.25, 0.3) is 0 Å². The highest BCUT2D eigenvalue weighted by molar-refractivity contribution is 7.80. The van der Waals surface area contributed by atoms with E-state index in [0.29, 0.717) is 16.4 Å². The Kier molecular flexibility index (Phi) is 4.27. The zero-order chi connectivity index (χ0) is 16.4. The standard InChI is InChI=1S/C13H13N3O5S/c1-6-10(12(18)21-2)11(15-13(22)14-6)7-3-4-8(16(19)20)9(17)5-7/h3-5,11,17H,1-2H3,(H2,14,15,22)/t11-/m0/s1. The van der Waals surface area contributed by atoms with E-state index in [1.807, 2.05) is 0 Å². The van der Waals surface area contributed by atoms with Gasteiger partial charge in [-0.05, 0) is 36.8 Å². The molecule has 0 bridgehead atoms. The van der Waals surface area contributed by atoms with Crippen molar-refractivity contribution in [2.75, 3.05) is 7.11 Å². The number of benzene rings is 1. The first-order valence-corrected chi connectivity index (χ1v) is 6.60. The SMILES string of the molecule is COC(=O)C1=C(C)NC(=S)N[C@H]1c1ccc([N+](=O)[O-])c(O)c1. The normalized spacial score (nSPS) is 17.5. The lowest BCUT2D eigenvalue weighted by molar-refractivity contribution is -0.385. The van der Waals surface area contributed by atoms with Crippen LogP contribution in [0.3, 0.4) is 0 Å². The number of esters is 1. The summed E-state index contributed by atoms with van der Waals surface area (Å²) in [5.74, 6) is -1.06. The Labute approximate surface area is 130 Å². The van der Waals surface area contributed by atoms with E-state index in [0.717, 1.165) is 0 Å². The zero-order valence-corrected chi connectivity index (χ0v) is 12.6. The highest BCUT2D eigenvalue weighted by atomic mass is 32.1. The van der Waals surface area contributed by atoms with Crippen LogP contribution >= 0.6 is 12.2 Å². The first kappa shape index (κ1) is 15.7. The first-order chi connectivity index (χ1) is 10.3. The molecular weight excluding hydrogens is 310 g/mol. The van der Waals surface area contributed by atoms with Crippen molar-refractivity contribution >= 4 is 29.0 Å². The number of phenolic OH excluding ortho intramolecular Hbond substituents is 1. The fraction of sp³-hybridized carbons (Fsp3) is 0.231. The maximum atomic E-state index is 12.0. The number of phenols is 1. The number of thiocarbonyl (C=S) groups is 1. The number of aromatic hydroxyl groups is 1. The molecule has 8 nitrogen and oxygen atoms in total. The Hall–Kier alpha value is -2.68. The number of nitro benzene ring substituents is 1. The number of hydrogen-bond acceptors (Lipinski definition) is 6. The molecule has 1 aliphatic heterocycles. The van der Waals surface area contributed by atoms with Crippen molar-refractivity contribution in [2.24, 2.45) is 0 Å². The quantitative estimate of drug-likeness (QED) is 0.330. The van der Waals surface area contributed by atoms with Crippen molar-refractivity contribution in [3.63, 3.8) is 0 Å². The molecule has 0 unspecified atom stereocenters. The summed E-state index contributed by atoms with van der Waals surface area (Å²) in [5.41, 5.74) is 0.829. The summed E-state index contributed by atoms with van der Waals surface area (Å²) in [5, 5.41) is 26.5. The molecule has 22 heavy (non-hydrogen) atoms. The number of nitrogens with zero attached hydrogens (tertiary/aromatic N) is 1. The van der Waals surface area contributed by atoms with Crippen molar-refractivity contribution in [1.29, 1.82) is 0 Å². The smallest absolute Gasteiger partial charge is 0.337 e. The molecule has 0 saturated heterocycles. The molecule has 0 fully saturated rings. The van der Waals surface area contributed by atoms with E-state index in [2.05, 4.69) is 10.6 Å². The Morgan fingerprint density at radius 1 is 1.50 bits per heavy atom. The van der Waals surface area contributed by atoms with E-state index in [1.165, 1.54) is 25.3 Å². The Morgan fingerprint density at radius 2 is 2.18 bits per heavy atom. The Morgan fingerprint density at radius 3 is 2.73 bits per heavy atom. The number of methoxy groups -OCH3 is 1. The number of nitro groups is 1. The topological polar surface area (TPSA) is 114 Å². The van der Waals surface area contributed by atoms with Gasteiger partial charge in [-0.1, -0.05) is 0 Å². The Balaban J connectivity index is 2.51. The summed E-state index contributed by atoms with van der Waals surface area (Å²) in [4.78, 5) is 22.0. The largest absolute Gasteiger partial charge is 0.502 e. The van der Waals surface area contributed by atoms with E-state index in [4.69, 9.17) is 17.0 Å². The van der Waals surface area contributed by atoms with Crippen LogP contribution in [-0.4, -0.2) is 28.2 Å². The second kappa shape index (κ2) is 5.98. The van der Waals surface area contributed by atoms with Gasteiger partial charge in [0.25, 0.3) is 0 Å². The maximum Gasteiger partial charge on any atom is 0.337 e. The molecule has 0 amide bonds. The van der Waals surface area contributed by atoms with Crippen molar-refractivity contribution in [3.05, 3.63) is 45.1 Å². The van der Waals surface area contributed by atoms with E-state index < -0.39 is 28.4 Å². The van der Waals surface area contributed by atoms with Gasteiger partial charge in [-0.3, -0.25) is 10.1 Å². The number of nitrogens with one attached hydrogen (secondary N) is 2. The molecule has 1 aromatic carbocycles. The molecule has 1 aliphatic rings. The lowest BCUT2D eigenvalue weighted by Crippen LogP contribution is -2.45. The van der Waals surface area contributed by atoms with Crippen LogP contribution in [0.1, 0.15) is 18.5 Å². The number of ether oxygens (including phenoxy) is 1. The molecule has 0 aliphatic carbocycles. The highest BCUT2D eigenvalue weighted by Crippen LogP contribution is 2.33. The van der Waals surface area contributed by atoms with Crippen LogP contribution in [0.15, 0.2) is 29.5 Å². The second-order valence-electron chi connectivity index (χ2n) is 4.57. The Bertz CT molecular complexity index is 701. The summed E-state index contributed by atoms with van der Waals surface area (Å²) in [6, 6.07) is 3.16. The van der Waals surface area contributed by atoms with Crippen LogP contribution in [-0.2, 0) is 9.53 Å². The van der Waals surface area contributed by atoms with Gasteiger partial charge in [0.2, 0.25) is 0 Å². The maximum absolute atomic E-state index is 12.0. The lowest BCUT2D eigenvalue weighted by atomic mass is 9.95. The molecule has 9 heteroatoms. The zero-order valence-electron chi connectivity index (χ0n) is 11.7. The van der Waals surface area contributed by atoms with E-state index >= 15 is 0 Å². The van der Waals surface area contributed by atoms with Crippen LogP contribution in [0.2, 0.25) is 0 Å². The van der Waals surface area contributed by atoms with Gasteiger partial charge in [0.15, 0.2) is 10.9 Å². The lowest BCUT2D eigenvalue weighted by Gasteiger charge is -2.29. The fourth-order valence-corrected chi connectivity index (χ4v) is 2.47. The molecule has 0 saturated carbocycles. The van der Waals surface area contributed by atoms with E-state index in [-0.39, 0.29) is 5.57 Å². The molecule has 116 valence electrons. The minimum absolute atomic E-state index is 0.282. The van der Waals surface area contributed by atoms with Crippen molar-refractivity contribution in [3.8, 4) is 5.75 Å². The number of allylic oxidation sites excluding steroid dienone is 1. The average Bonchev–Trinajstić information content (AvgIpc) is 2.45. The van der Waals surface area contributed by atoms with Gasteiger partial charge in [-0.15, -0.1) is 0 Å². The molecule has 2 rings (SSSR count). The average molecular weight is 323 g/mol. The number of carbonyl (C=O) groups is 1. The molecule has 1 aromatic rings. The predicted octanol–water partition coefficient (Wildman–Crippen LogP) is 1.27. The first-order valence-electron chi connectivity index (χ1n) is 6.19. The van der Waals surface area contributed by atoms with Crippen molar-refractivity contribution in [1.82, 2.24) is 10.6 Å². The van der Waals surface area contributed by atoms with E-state index in [1.54, 1.807) is 6.92 Å². The molecule has 0 radical (unpaired) electrons. The summed E-state index contributed by atoms with van der Waals surface area (Å²) in [7, 11) is 1.25. The monoisotopic (exact) mass is 323 g/mol. The second-order valence-corrected chi connectivity index (χ2v) is 4.98. The van der Waals surface area contributed by atoms with Crippen molar-refractivity contribution in [2.45, 2.75) is 13.0 Å². The van der Waals surface area contributed by atoms with Crippen LogP contribution < -0.4 is 10.6 Å². The van der Waals surface area contributed by atoms with Gasteiger partial charge in [0, 0.05) is 11.8 Å². The number of rotatable bonds is 3. The fourth-order valence-electron chi connectivity index (χ4n) is 2.20. The van der Waals surface area contributed by atoms with Gasteiger partial charge < -0.3 is 20.5 Å². The van der Waals surface area contributed by atoms with Gasteiger partial charge in [0.1, 0.15) is 0 Å². The van der Waals surface area contributed by atoms with Gasteiger partial charge in [-0.25, -0.2) is 4.79 Å². The molecule has 1 atom stereocenters. The van der Waals surface area contributed by atoms with Gasteiger partial charge >= 0.3 is 11.7 Å². The molecule has 0 spiro atoms. The van der Waals surface area contributed by atoms with Crippen LogP contribution in [0, 0.1) is 10.1 Å². The summed E-state index contributed by atoms with van der Waals surface area (Å²) >= 11 is 5.06. The van der Waals surface area contributed by atoms with Crippen molar-refractivity contribution < 1.29 is 19.6 Å². The third-order valence-electron chi connectivity index (χ3n) is 3.20. The molecule has 0 aromatic heterocycles. The minimum atomic E-state index is -0.693. The molecule has 1 heterocycles. The number of hydrogen-bond donors (Lipinski definition) is 3. The molecule has 3 N–H and O–H groups in total. The highest BCUT2D eigenvalue weighted by Gasteiger charge is 2.31. The third kappa shape index (κ3) is 2.84. The summed E-state index contributed by atoms with van der Waals surface area (Å²) < 4.78 is 4.75. The van der Waals surface area contributed by atoms with Crippen LogP contribution in [0.5, 0.6) is 5.75 Å². The summed E-state index contributed by atoms with van der Waals surface area (Å²) in [6.07, 6.45) is 0. The van der Waals surface area contributed by atoms with Crippen LogP contribution in [0.4, 0.5) is 5.69 Å². The third-order valence-corrected chi connectivity index (χ3v) is 3.42. The van der Waals surface area contributed by atoms with Gasteiger partial charge in [0.05, 0.1) is 23.6 Å². The van der Waals surface area contributed by atoms with Gasteiger partial charge in [-0.2, -0.15) is 0 Å². The molecular formula is C13H13N3O5S. The van der Waals surface area contributed by atoms with E-state index in [9.17, 15) is 20.0 Å². The minimum Gasteiger partial charge on any atom is -0.502 e. The number of carbonyl (C=O) groups excluding carboxylic acids is 1. The predicted molar refractivity (Wildman–Crippen MR) is 81.1 cm³/mol. The summed E-state index contributed by atoms with van der Waals surface area (Å²) in [6.45, 7) is 1.66.